The van der Waals surface area contributed by atoms with Crippen molar-refractivity contribution in [3.8, 4) is 0 Å². The van der Waals surface area contributed by atoms with Crippen LogP contribution in [0.5, 0.6) is 0 Å². The second kappa shape index (κ2) is 2.98. The number of carboxylic acid groups (broad SMARTS) is 1. The molecule has 4 heteroatoms. The molecule has 1 fully saturated rings. The van der Waals surface area contributed by atoms with Gasteiger partial charge in [0.1, 0.15) is 6.04 Å². The van der Waals surface area contributed by atoms with Crippen LogP contribution in [-0.4, -0.2) is 35.4 Å². The molecule has 58 valence electrons. The van der Waals surface area contributed by atoms with Gasteiger partial charge in [0.15, 0.2) is 0 Å². The summed E-state index contributed by atoms with van der Waals surface area (Å²) in [5.41, 5.74) is 0. The van der Waals surface area contributed by atoms with Crippen LogP contribution in [-0.2, 0) is 4.79 Å². The van der Waals surface area contributed by atoms with E-state index < -0.39 is 12.0 Å². The van der Waals surface area contributed by atoms with E-state index in [0.29, 0.717) is 13.0 Å². The average molecular weight is 145 g/mol. The van der Waals surface area contributed by atoms with Gasteiger partial charge in [-0.25, -0.2) is 0 Å². The SMILES string of the molecule is O=C(O)C1C[C@H](CO)CN1. The number of nitrogens with one attached hydrogen (secondary N) is 1. The second-order valence-electron chi connectivity index (χ2n) is 2.58. The molecule has 1 aliphatic heterocycles. The van der Waals surface area contributed by atoms with Crippen LogP contribution in [0, 0.1) is 5.92 Å². The summed E-state index contributed by atoms with van der Waals surface area (Å²) in [4.78, 5) is 10.3. The highest BCUT2D eigenvalue weighted by Crippen LogP contribution is 2.12. The molecule has 1 aliphatic rings. The molecule has 0 aromatic carbocycles. The van der Waals surface area contributed by atoms with E-state index in [-0.39, 0.29) is 12.5 Å². The number of aliphatic carboxylic acids is 1. The molecule has 0 radical (unpaired) electrons. The fraction of sp³-hybridized carbons (Fsp3) is 0.833. The molecule has 2 atom stereocenters. The van der Waals surface area contributed by atoms with Crippen molar-refractivity contribution < 1.29 is 15.0 Å². The minimum atomic E-state index is -0.823. The number of hydrogen-bond donors (Lipinski definition) is 3. The minimum absolute atomic E-state index is 0.0801. The van der Waals surface area contributed by atoms with E-state index in [4.69, 9.17) is 10.2 Å². The lowest BCUT2D eigenvalue weighted by molar-refractivity contribution is -0.139. The van der Waals surface area contributed by atoms with Gasteiger partial charge in [-0.2, -0.15) is 0 Å². The zero-order valence-electron chi connectivity index (χ0n) is 5.58. The molecule has 0 amide bonds. The minimum Gasteiger partial charge on any atom is -0.480 e. The molecule has 4 nitrogen and oxygen atoms in total. The van der Waals surface area contributed by atoms with Crippen LogP contribution >= 0.6 is 0 Å². The molecule has 1 saturated heterocycles. The van der Waals surface area contributed by atoms with Gasteiger partial charge in [-0.05, 0) is 12.3 Å². The average Bonchev–Trinajstić information content (AvgIpc) is 2.34. The van der Waals surface area contributed by atoms with Crippen LogP contribution in [0.1, 0.15) is 6.42 Å². The van der Waals surface area contributed by atoms with Gasteiger partial charge < -0.3 is 15.5 Å². The van der Waals surface area contributed by atoms with Gasteiger partial charge in [0.05, 0.1) is 0 Å². The first-order valence-corrected chi connectivity index (χ1v) is 3.31. The van der Waals surface area contributed by atoms with Gasteiger partial charge >= 0.3 is 5.97 Å². The van der Waals surface area contributed by atoms with Gasteiger partial charge in [0.2, 0.25) is 0 Å². The molecular formula is C6H11NO3. The standard InChI is InChI=1S/C6H11NO3/c8-3-4-1-5(6(9)10)7-2-4/h4-5,7-8H,1-3H2,(H,9,10)/t4-,5?/m0/s1. The predicted octanol–water partition coefficient (Wildman–Crippen LogP) is -0.959. The fourth-order valence-corrected chi connectivity index (χ4v) is 1.14. The van der Waals surface area contributed by atoms with Crippen molar-refractivity contribution >= 4 is 5.97 Å². The van der Waals surface area contributed by atoms with E-state index in [1.807, 2.05) is 0 Å². The smallest absolute Gasteiger partial charge is 0.320 e. The van der Waals surface area contributed by atoms with Crippen LogP contribution in [0.25, 0.3) is 0 Å². The van der Waals surface area contributed by atoms with Crippen LogP contribution in [0.4, 0.5) is 0 Å². The first-order chi connectivity index (χ1) is 4.74. The number of rotatable bonds is 2. The molecule has 0 aliphatic carbocycles. The summed E-state index contributed by atoms with van der Waals surface area (Å²) in [7, 11) is 0. The maximum atomic E-state index is 10.3. The Bertz CT molecular complexity index is 137. The van der Waals surface area contributed by atoms with Crippen LogP contribution < -0.4 is 5.32 Å². The first-order valence-electron chi connectivity index (χ1n) is 3.31. The topological polar surface area (TPSA) is 69.6 Å². The van der Waals surface area contributed by atoms with Gasteiger partial charge in [-0.3, -0.25) is 4.79 Å². The number of carbonyl (C=O) groups is 1. The highest BCUT2D eigenvalue weighted by Gasteiger charge is 2.28. The second-order valence-corrected chi connectivity index (χ2v) is 2.58. The zero-order valence-corrected chi connectivity index (χ0v) is 5.58. The summed E-state index contributed by atoms with van der Waals surface area (Å²) in [6.07, 6.45) is 0.547. The molecule has 1 rings (SSSR count). The molecule has 10 heavy (non-hydrogen) atoms. The number of aliphatic hydroxyl groups is 1. The van der Waals surface area contributed by atoms with Crippen LogP contribution in [0.15, 0.2) is 0 Å². The maximum Gasteiger partial charge on any atom is 0.320 e. The molecule has 0 saturated carbocycles. The van der Waals surface area contributed by atoms with Crippen molar-refractivity contribution in [2.75, 3.05) is 13.2 Å². The van der Waals surface area contributed by atoms with Crippen LogP contribution in [0.2, 0.25) is 0 Å². The molecule has 0 spiro atoms. The van der Waals surface area contributed by atoms with Crippen molar-refractivity contribution in [3.63, 3.8) is 0 Å². The quantitative estimate of drug-likeness (QED) is 0.468. The molecule has 0 aromatic heterocycles. The third-order valence-electron chi connectivity index (χ3n) is 1.78. The van der Waals surface area contributed by atoms with E-state index in [2.05, 4.69) is 5.32 Å². The molecule has 1 heterocycles. The molecule has 1 unspecified atom stereocenters. The summed E-state index contributed by atoms with van der Waals surface area (Å²) >= 11 is 0. The summed E-state index contributed by atoms with van der Waals surface area (Å²) in [5, 5.41) is 19.9. The molecular weight excluding hydrogens is 134 g/mol. The van der Waals surface area contributed by atoms with E-state index in [9.17, 15) is 4.79 Å². The van der Waals surface area contributed by atoms with Crippen molar-refractivity contribution in [3.05, 3.63) is 0 Å². The lowest BCUT2D eigenvalue weighted by atomic mass is 10.1. The third kappa shape index (κ3) is 1.46. The molecule has 0 aromatic rings. The van der Waals surface area contributed by atoms with Gasteiger partial charge in [-0.15, -0.1) is 0 Å². The Kier molecular flexibility index (Phi) is 2.24. The largest absolute Gasteiger partial charge is 0.480 e. The Morgan fingerprint density at radius 1 is 1.70 bits per heavy atom. The van der Waals surface area contributed by atoms with E-state index >= 15 is 0 Å². The summed E-state index contributed by atoms with van der Waals surface area (Å²) < 4.78 is 0. The van der Waals surface area contributed by atoms with E-state index in [1.165, 1.54) is 0 Å². The summed E-state index contributed by atoms with van der Waals surface area (Å²) in [5.74, 6) is -0.697. The van der Waals surface area contributed by atoms with Crippen molar-refractivity contribution in [1.82, 2.24) is 5.32 Å². The first kappa shape index (κ1) is 7.50. The van der Waals surface area contributed by atoms with Crippen LogP contribution in [0.3, 0.4) is 0 Å². The summed E-state index contributed by atoms with van der Waals surface area (Å²) in [6, 6.07) is -0.447. The van der Waals surface area contributed by atoms with Crippen molar-refractivity contribution in [2.45, 2.75) is 12.5 Å². The number of hydrogen-bond acceptors (Lipinski definition) is 3. The monoisotopic (exact) mass is 145 g/mol. The van der Waals surface area contributed by atoms with Crippen molar-refractivity contribution in [2.24, 2.45) is 5.92 Å². The normalized spacial score (nSPS) is 32.5. The molecule has 3 N–H and O–H groups in total. The zero-order chi connectivity index (χ0) is 7.56. The predicted molar refractivity (Wildman–Crippen MR) is 34.6 cm³/mol. The van der Waals surface area contributed by atoms with Crippen molar-refractivity contribution in [1.29, 1.82) is 0 Å². The van der Waals surface area contributed by atoms with Gasteiger partial charge in [-0.1, -0.05) is 0 Å². The fourth-order valence-electron chi connectivity index (χ4n) is 1.14. The van der Waals surface area contributed by atoms with E-state index in [0.717, 1.165) is 0 Å². The van der Waals surface area contributed by atoms with Gasteiger partial charge in [0.25, 0.3) is 0 Å². The van der Waals surface area contributed by atoms with E-state index in [1.54, 1.807) is 0 Å². The number of aliphatic hydroxyl groups excluding tert-OH is 1. The maximum absolute atomic E-state index is 10.3. The highest BCUT2D eigenvalue weighted by molar-refractivity contribution is 5.73. The Hall–Kier alpha value is -0.610. The number of carboxylic acids is 1. The lowest BCUT2D eigenvalue weighted by Gasteiger charge is -2.01. The third-order valence-corrected chi connectivity index (χ3v) is 1.78. The highest BCUT2D eigenvalue weighted by atomic mass is 16.4. The lowest BCUT2D eigenvalue weighted by Crippen LogP contribution is -2.29. The Labute approximate surface area is 58.9 Å². The summed E-state index contributed by atoms with van der Waals surface area (Å²) in [6.45, 7) is 0.699. The van der Waals surface area contributed by atoms with Gasteiger partial charge in [0, 0.05) is 13.2 Å². The molecule has 0 bridgehead atoms. The Morgan fingerprint density at radius 3 is 2.70 bits per heavy atom. The Morgan fingerprint density at radius 2 is 2.40 bits per heavy atom. The Balaban J connectivity index is 2.35.